The summed E-state index contributed by atoms with van der Waals surface area (Å²) < 4.78 is 10.9. The molecule has 1 amide bonds. The van der Waals surface area contributed by atoms with Crippen LogP contribution in [0.15, 0.2) is 48.5 Å². The number of esters is 1. The van der Waals surface area contributed by atoms with E-state index in [1.54, 1.807) is 31.2 Å². The van der Waals surface area contributed by atoms with E-state index in [2.05, 4.69) is 26.1 Å². The lowest BCUT2D eigenvalue weighted by atomic mass is 9.87. The van der Waals surface area contributed by atoms with Crippen LogP contribution in [0, 0.1) is 0 Å². The van der Waals surface area contributed by atoms with Crippen molar-refractivity contribution in [1.82, 2.24) is 0 Å². The highest BCUT2D eigenvalue weighted by Crippen LogP contribution is 2.24. The molecule has 0 saturated carbocycles. The van der Waals surface area contributed by atoms with E-state index in [9.17, 15) is 9.59 Å². The van der Waals surface area contributed by atoms with Crippen molar-refractivity contribution in [3.05, 3.63) is 59.7 Å². The molecule has 0 bridgehead atoms. The number of hydrogen-bond donors (Lipinski definition) is 1. The van der Waals surface area contributed by atoms with Gasteiger partial charge in [-0.15, -0.1) is 0 Å². The van der Waals surface area contributed by atoms with Gasteiger partial charge >= 0.3 is 5.97 Å². The lowest BCUT2D eigenvalue weighted by Gasteiger charge is -2.20. The second kappa shape index (κ2) is 10.1. The molecule has 2 aromatic rings. The van der Waals surface area contributed by atoms with Gasteiger partial charge in [-0.2, -0.15) is 0 Å². The first-order valence-electron chi connectivity index (χ1n) is 10.1. The van der Waals surface area contributed by atoms with Crippen LogP contribution in [0.1, 0.15) is 63.4 Å². The second-order valence-corrected chi connectivity index (χ2v) is 8.09. The number of rotatable bonds is 8. The van der Waals surface area contributed by atoms with Gasteiger partial charge in [0.15, 0.2) is 6.10 Å². The molecular formula is C24H31NO4. The molecule has 0 aromatic heterocycles. The number of carbonyl (C=O) groups excluding carboxylic acids is 2. The third-order valence-corrected chi connectivity index (χ3v) is 4.52. The summed E-state index contributed by atoms with van der Waals surface area (Å²) in [6.45, 7) is 10.6. The summed E-state index contributed by atoms with van der Waals surface area (Å²) in [4.78, 5) is 24.3. The van der Waals surface area contributed by atoms with E-state index < -0.39 is 6.10 Å². The lowest BCUT2D eigenvalue weighted by Crippen LogP contribution is -2.30. The highest BCUT2D eigenvalue weighted by atomic mass is 16.5. The maximum atomic E-state index is 12.4. The molecule has 2 rings (SSSR count). The third kappa shape index (κ3) is 6.93. The Morgan fingerprint density at radius 2 is 1.62 bits per heavy atom. The van der Waals surface area contributed by atoms with Crippen molar-refractivity contribution in [1.29, 1.82) is 0 Å². The maximum absolute atomic E-state index is 12.4. The van der Waals surface area contributed by atoms with E-state index in [0.717, 1.165) is 12.8 Å². The number of nitrogens with one attached hydrogen (secondary N) is 1. The number of carbonyl (C=O) groups is 2. The number of benzene rings is 2. The average Bonchev–Trinajstić information content (AvgIpc) is 2.68. The fraction of sp³-hybridized carbons (Fsp3) is 0.417. The summed E-state index contributed by atoms with van der Waals surface area (Å²) in [5.74, 6) is 0.0284. The normalized spacial score (nSPS) is 12.2. The summed E-state index contributed by atoms with van der Waals surface area (Å²) in [5.41, 5.74) is 2.33. The lowest BCUT2D eigenvalue weighted by molar-refractivity contribution is -0.122. The molecule has 0 heterocycles. The van der Waals surface area contributed by atoms with Crippen molar-refractivity contribution in [2.45, 2.75) is 59.0 Å². The SMILES string of the molecule is CCCCOC(=O)c1ccc(NC(=O)[C@H](C)Oc2ccc(C(C)(C)C)cc2)cc1. The Hall–Kier alpha value is -2.82. The Morgan fingerprint density at radius 1 is 1.00 bits per heavy atom. The van der Waals surface area contributed by atoms with Gasteiger partial charge < -0.3 is 14.8 Å². The van der Waals surface area contributed by atoms with E-state index in [1.807, 2.05) is 31.2 Å². The summed E-state index contributed by atoms with van der Waals surface area (Å²) in [6, 6.07) is 14.4. The fourth-order valence-corrected chi connectivity index (χ4v) is 2.62. The van der Waals surface area contributed by atoms with Crippen LogP contribution >= 0.6 is 0 Å². The molecule has 0 aliphatic rings. The van der Waals surface area contributed by atoms with Crippen molar-refractivity contribution >= 4 is 17.6 Å². The minimum Gasteiger partial charge on any atom is -0.481 e. The minimum absolute atomic E-state index is 0.0656. The van der Waals surface area contributed by atoms with Crippen LogP contribution in [0.2, 0.25) is 0 Å². The largest absolute Gasteiger partial charge is 0.481 e. The number of amides is 1. The van der Waals surface area contributed by atoms with Gasteiger partial charge in [0, 0.05) is 5.69 Å². The molecule has 2 aromatic carbocycles. The van der Waals surface area contributed by atoms with Crippen molar-refractivity contribution in [3.63, 3.8) is 0 Å². The minimum atomic E-state index is -0.658. The molecule has 0 radical (unpaired) electrons. The number of ether oxygens (including phenoxy) is 2. The zero-order valence-electron chi connectivity index (χ0n) is 18.0. The van der Waals surface area contributed by atoms with Crippen molar-refractivity contribution < 1.29 is 19.1 Å². The summed E-state index contributed by atoms with van der Waals surface area (Å²) >= 11 is 0. The van der Waals surface area contributed by atoms with Gasteiger partial charge in [0.2, 0.25) is 0 Å². The Labute approximate surface area is 173 Å². The van der Waals surface area contributed by atoms with Gasteiger partial charge in [-0.25, -0.2) is 4.79 Å². The molecule has 1 N–H and O–H groups in total. The highest BCUT2D eigenvalue weighted by Gasteiger charge is 2.17. The van der Waals surface area contributed by atoms with Crippen molar-refractivity contribution in [3.8, 4) is 5.75 Å². The van der Waals surface area contributed by atoms with Crippen LogP contribution < -0.4 is 10.1 Å². The standard InChI is InChI=1S/C24H31NO4/c1-6-7-16-28-23(27)18-8-12-20(13-9-18)25-22(26)17(2)29-21-14-10-19(11-15-21)24(3,4)5/h8-15,17H,6-7,16H2,1-5H3,(H,25,26)/t17-/m0/s1. The summed E-state index contributed by atoms with van der Waals surface area (Å²) in [6.07, 6.45) is 1.16. The van der Waals surface area contributed by atoms with E-state index >= 15 is 0 Å². The van der Waals surface area contributed by atoms with Gasteiger partial charge in [-0.05, 0) is 60.7 Å². The Kier molecular flexibility index (Phi) is 7.82. The molecule has 156 valence electrons. The van der Waals surface area contributed by atoms with Gasteiger partial charge in [0.25, 0.3) is 5.91 Å². The Bertz CT molecular complexity index is 804. The van der Waals surface area contributed by atoms with E-state index in [4.69, 9.17) is 9.47 Å². The summed E-state index contributed by atoms with van der Waals surface area (Å²) in [5, 5.41) is 2.80. The van der Waals surface area contributed by atoms with Crippen LogP contribution in [-0.2, 0) is 14.9 Å². The molecule has 0 aliphatic carbocycles. The molecular weight excluding hydrogens is 366 g/mol. The monoisotopic (exact) mass is 397 g/mol. The molecule has 5 nitrogen and oxygen atoms in total. The zero-order valence-corrected chi connectivity index (χ0v) is 18.0. The molecule has 0 unspecified atom stereocenters. The zero-order chi connectivity index (χ0) is 21.4. The molecule has 1 atom stereocenters. The molecule has 0 aliphatic heterocycles. The van der Waals surface area contributed by atoms with E-state index in [-0.39, 0.29) is 17.3 Å². The van der Waals surface area contributed by atoms with E-state index in [0.29, 0.717) is 23.6 Å². The number of hydrogen-bond acceptors (Lipinski definition) is 4. The first kappa shape index (κ1) is 22.5. The Balaban J connectivity index is 1.89. The maximum Gasteiger partial charge on any atom is 0.338 e. The molecule has 0 spiro atoms. The predicted molar refractivity (Wildman–Crippen MR) is 115 cm³/mol. The van der Waals surface area contributed by atoms with Crippen molar-refractivity contribution in [2.75, 3.05) is 11.9 Å². The van der Waals surface area contributed by atoms with Crippen LogP contribution in [0.5, 0.6) is 5.75 Å². The molecule has 0 fully saturated rings. The second-order valence-electron chi connectivity index (χ2n) is 8.09. The molecule has 5 heteroatoms. The van der Waals surface area contributed by atoms with Gasteiger partial charge in [-0.3, -0.25) is 4.79 Å². The van der Waals surface area contributed by atoms with Crippen LogP contribution in [0.25, 0.3) is 0 Å². The van der Waals surface area contributed by atoms with Gasteiger partial charge in [-0.1, -0.05) is 46.2 Å². The van der Waals surface area contributed by atoms with Crippen LogP contribution in [0.4, 0.5) is 5.69 Å². The fourth-order valence-electron chi connectivity index (χ4n) is 2.62. The number of anilines is 1. The Morgan fingerprint density at radius 3 is 2.17 bits per heavy atom. The molecule has 29 heavy (non-hydrogen) atoms. The topological polar surface area (TPSA) is 64.6 Å². The first-order valence-corrected chi connectivity index (χ1v) is 10.1. The first-order chi connectivity index (χ1) is 13.7. The van der Waals surface area contributed by atoms with E-state index in [1.165, 1.54) is 5.56 Å². The highest BCUT2D eigenvalue weighted by molar-refractivity contribution is 5.95. The average molecular weight is 398 g/mol. The van der Waals surface area contributed by atoms with Gasteiger partial charge in [0.05, 0.1) is 12.2 Å². The third-order valence-electron chi connectivity index (χ3n) is 4.52. The van der Waals surface area contributed by atoms with Crippen molar-refractivity contribution in [2.24, 2.45) is 0 Å². The smallest absolute Gasteiger partial charge is 0.338 e. The van der Waals surface area contributed by atoms with Crippen LogP contribution in [-0.4, -0.2) is 24.6 Å². The van der Waals surface area contributed by atoms with Crippen LogP contribution in [0.3, 0.4) is 0 Å². The van der Waals surface area contributed by atoms with Gasteiger partial charge in [0.1, 0.15) is 5.75 Å². The predicted octanol–water partition coefficient (Wildman–Crippen LogP) is 5.35. The summed E-state index contributed by atoms with van der Waals surface area (Å²) in [7, 11) is 0. The quantitative estimate of drug-likeness (QED) is 0.482. The number of unbranched alkanes of at least 4 members (excludes halogenated alkanes) is 1. The molecule has 0 saturated heterocycles.